The van der Waals surface area contributed by atoms with Gasteiger partial charge in [-0.1, -0.05) is 111 Å². The number of ether oxygens (including phenoxy) is 1. The number of carboxylic acid groups (broad SMARTS) is 1. The fourth-order valence-electron chi connectivity index (χ4n) is 2.44. The maximum absolute atomic E-state index is 10.2. The predicted molar refractivity (Wildman–Crippen MR) is 109 cm³/mol. The van der Waals surface area contributed by atoms with E-state index in [1.165, 1.54) is 83.5 Å². The molecule has 1 aliphatic rings. The second-order valence-corrected chi connectivity index (χ2v) is 7.00. The Hall–Kier alpha value is -0.570. The van der Waals surface area contributed by atoms with Crippen molar-refractivity contribution in [3.63, 3.8) is 0 Å². The lowest BCUT2D eigenvalue weighted by Gasteiger charge is -2.00. The van der Waals surface area contributed by atoms with Crippen LogP contribution in [0.15, 0.2) is 0 Å². The molecule has 0 spiro atoms. The minimum absolute atomic E-state index is 0.343. The number of rotatable bonds is 15. The summed E-state index contributed by atoms with van der Waals surface area (Å²) in [5, 5.41) is 8.41. The maximum atomic E-state index is 10.2. The van der Waals surface area contributed by atoms with Gasteiger partial charge in [0.05, 0.1) is 13.2 Å². The lowest BCUT2D eigenvalue weighted by molar-refractivity contribution is -0.137. The van der Waals surface area contributed by atoms with Crippen molar-refractivity contribution >= 4 is 5.97 Å². The normalized spacial score (nSPS) is 11.8. The van der Waals surface area contributed by atoms with Gasteiger partial charge >= 0.3 is 5.97 Å². The first-order valence-corrected chi connectivity index (χ1v) is 11.0. The highest BCUT2D eigenvalue weighted by atomic mass is 16.6. The van der Waals surface area contributed by atoms with Crippen molar-refractivity contribution in [1.82, 2.24) is 0 Å². The first-order valence-electron chi connectivity index (χ1n) is 11.0. The van der Waals surface area contributed by atoms with Gasteiger partial charge in [-0.3, -0.25) is 4.79 Å². The van der Waals surface area contributed by atoms with Gasteiger partial charge in [0.2, 0.25) is 0 Å². The van der Waals surface area contributed by atoms with Crippen molar-refractivity contribution in [1.29, 1.82) is 0 Å². The Balaban J connectivity index is 0. The molecule has 0 saturated carbocycles. The van der Waals surface area contributed by atoms with Crippen molar-refractivity contribution in [3.8, 4) is 0 Å². The highest BCUT2D eigenvalue weighted by Crippen LogP contribution is 2.10. The van der Waals surface area contributed by atoms with Crippen LogP contribution in [0.1, 0.15) is 124 Å². The molecule has 0 bridgehead atoms. The molecule has 0 amide bonds. The van der Waals surface area contributed by atoms with Crippen LogP contribution in [0.4, 0.5) is 0 Å². The Bertz CT molecular complexity index is 231. The molecular weight excluding hydrogens is 312 g/mol. The van der Waals surface area contributed by atoms with E-state index in [1.54, 1.807) is 0 Å². The van der Waals surface area contributed by atoms with Gasteiger partial charge in [-0.25, -0.2) is 0 Å². The van der Waals surface area contributed by atoms with Gasteiger partial charge in [-0.15, -0.1) is 0 Å². The second kappa shape index (κ2) is 25.7. The predicted octanol–water partition coefficient (Wildman–Crippen LogP) is 7.38. The summed E-state index contributed by atoms with van der Waals surface area (Å²) in [7, 11) is 0. The Morgan fingerprint density at radius 3 is 1.16 bits per heavy atom. The first-order chi connectivity index (χ1) is 12.2. The van der Waals surface area contributed by atoms with Gasteiger partial charge in [0.25, 0.3) is 0 Å². The highest BCUT2D eigenvalue weighted by molar-refractivity contribution is 5.66. The molecule has 152 valence electrons. The summed E-state index contributed by atoms with van der Waals surface area (Å²) in [5.41, 5.74) is 0. The molecule has 1 N–H and O–H groups in total. The number of epoxide rings is 1. The fraction of sp³-hybridized carbons (Fsp3) is 0.955. The first kappa shape index (κ1) is 26.7. The Labute approximate surface area is 157 Å². The molecule has 3 nitrogen and oxygen atoms in total. The zero-order valence-electron chi connectivity index (χ0n) is 17.5. The minimum atomic E-state index is -0.659. The topological polar surface area (TPSA) is 49.8 Å². The van der Waals surface area contributed by atoms with Crippen LogP contribution in [0.2, 0.25) is 0 Å². The fourth-order valence-corrected chi connectivity index (χ4v) is 2.44. The Kier molecular flexibility index (Phi) is 27.4. The van der Waals surface area contributed by atoms with E-state index < -0.39 is 5.97 Å². The molecule has 25 heavy (non-hydrogen) atoms. The quantitative estimate of drug-likeness (QED) is 0.245. The molecule has 1 fully saturated rings. The SMILES string of the molecule is C1CO1.CCCCCCCC.CCCCCCCCCCCC(=O)O. The van der Waals surface area contributed by atoms with Crippen molar-refractivity contribution in [2.24, 2.45) is 0 Å². The lowest BCUT2D eigenvalue weighted by Crippen LogP contribution is -1.93. The molecule has 0 radical (unpaired) electrons. The molecule has 1 aliphatic heterocycles. The van der Waals surface area contributed by atoms with E-state index in [0.717, 1.165) is 26.1 Å². The maximum Gasteiger partial charge on any atom is 0.303 e. The summed E-state index contributed by atoms with van der Waals surface area (Å²) in [4.78, 5) is 10.2. The average Bonchev–Trinajstić information content (AvgIpc) is 3.47. The summed E-state index contributed by atoms with van der Waals surface area (Å²) in [6.07, 6.45) is 20.0. The largest absolute Gasteiger partial charge is 0.481 e. The molecule has 1 saturated heterocycles. The zero-order chi connectivity index (χ0) is 19.0. The van der Waals surface area contributed by atoms with Gasteiger partial charge in [0, 0.05) is 6.42 Å². The molecule has 3 heteroatoms. The van der Waals surface area contributed by atoms with E-state index in [-0.39, 0.29) is 0 Å². The smallest absolute Gasteiger partial charge is 0.303 e. The lowest BCUT2D eigenvalue weighted by atomic mass is 10.1. The molecule has 1 heterocycles. The van der Waals surface area contributed by atoms with Crippen molar-refractivity contribution in [2.75, 3.05) is 13.2 Å². The summed E-state index contributed by atoms with van der Waals surface area (Å²) >= 11 is 0. The van der Waals surface area contributed by atoms with Crippen molar-refractivity contribution in [3.05, 3.63) is 0 Å². The van der Waals surface area contributed by atoms with E-state index in [9.17, 15) is 4.79 Å². The van der Waals surface area contributed by atoms with E-state index in [1.807, 2.05) is 0 Å². The number of aliphatic carboxylic acids is 1. The summed E-state index contributed by atoms with van der Waals surface area (Å²) < 4.78 is 4.50. The molecule has 0 aromatic rings. The molecule has 0 aromatic carbocycles. The highest BCUT2D eigenvalue weighted by Gasteiger charge is 1.96. The third-order valence-electron chi connectivity index (χ3n) is 4.16. The van der Waals surface area contributed by atoms with Gasteiger partial charge in [0.1, 0.15) is 0 Å². The minimum Gasteiger partial charge on any atom is -0.481 e. The van der Waals surface area contributed by atoms with E-state index >= 15 is 0 Å². The molecule has 1 rings (SSSR count). The number of hydrogen-bond acceptors (Lipinski definition) is 2. The Morgan fingerprint density at radius 2 is 0.920 bits per heavy atom. The third kappa shape index (κ3) is 39.9. The van der Waals surface area contributed by atoms with E-state index in [4.69, 9.17) is 5.11 Å². The van der Waals surface area contributed by atoms with Crippen molar-refractivity contribution < 1.29 is 14.6 Å². The summed E-state index contributed by atoms with van der Waals surface area (Å²) in [5.74, 6) is -0.659. The van der Waals surface area contributed by atoms with E-state index in [0.29, 0.717) is 6.42 Å². The van der Waals surface area contributed by atoms with Crippen LogP contribution < -0.4 is 0 Å². The average molecular weight is 359 g/mol. The Morgan fingerprint density at radius 1 is 0.640 bits per heavy atom. The van der Waals surface area contributed by atoms with Gasteiger partial charge in [-0.2, -0.15) is 0 Å². The third-order valence-corrected chi connectivity index (χ3v) is 4.16. The monoisotopic (exact) mass is 358 g/mol. The zero-order valence-corrected chi connectivity index (χ0v) is 17.5. The van der Waals surface area contributed by atoms with Gasteiger partial charge in [-0.05, 0) is 6.42 Å². The van der Waals surface area contributed by atoms with Crippen LogP contribution in [-0.2, 0) is 9.53 Å². The molecular formula is C22H46O3. The van der Waals surface area contributed by atoms with Crippen LogP contribution in [0.5, 0.6) is 0 Å². The van der Waals surface area contributed by atoms with Crippen LogP contribution in [0, 0.1) is 0 Å². The van der Waals surface area contributed by atoms with E-state index in [2.05, 4.69) is 25.5 Å². The van der Waals surface area contributed by atoms with Crippen LogP contribution in [0.3, 0.4) is 0 Å². The number of carboxylic acids is 1. The van der Waals surface area contributed by atoms with Crippen LogP contribution >= 0.6 is 0 Å². The van der Waals surface area contributed by atoms with Crippen LogP contribution in [-0.4, -0.2) is 24.3 Å². The molecule has 0 atom stereocenters. The molecule has 0 aromatic heterocycles. The van der Waals surface area contributed by atoms with Gasteiger partial charge < -0.3 is 9.84 Å². The molecule has 0 unspecified atom stereocenters. The number of hydrogen-bond donors (Lipinski definition) is 1. The summed E-state index contributed by atoms with van der Waals surface area (Å²) in [6.45, 7) is 8.74. The van der Waals surface area contributed by atoms with Crippen LogP contribution in [0.25, 0.3) is 0 Å². The van der Waals surface area contributed by atoms with Crippen molar-refractivity contribution in [2.45, 2.75) is 124 Å². The standard InChI is InChI=1S/C12H24O2.C8H18.C2H4O/c1-2-3-4-5-6-7-8-9-10-11-12(13)14;1-3-5-7-8-6-4-2;1-2-3-1/h2-11H2,1H3,(H,13,14);3-8H2,1-2H3;1-2H2. The summed E-state index contributed by atoms with van der Waals surface area (Å²) in [6, 6.07) is 0. The molecule has 0 aliphatic carbocycles. The van der Waals surface area contributed by atoms with Gasteiger partial charge in [0.15, 0.2) is 0 Å². The number of unbranched alkanes of at least 4 members (excludes halogenated alkanes) is 13. The number of carbonyl (C=O) groups is 1. The second-order valence-electron chi connectivity index (χ2n) is 7.00.